The van der Waals surface area contributed by atoms with Gasteiger partial charge in [-0.1, -0.05) is 6.92 Å². The SMILES string of the molecule is CCCNC(=O)N(C1CCOCC1)C1CCN(C(=O)c2ccc(OC)nc2OC)CC1. The van der Waals surface area contributed by atoms with E-state index in [1.807, 2.05) is 16.7 Å². The first kappa shape index (κ1) is 23.1. The molecule has 2 saturated heterocycles. The van der Waals surface area contributed by atoms with Gasteiger partial charge in [-0.15, -0.1) is 0 Å². The number of methoxy groups -OCH3 is 2. The summed E-state index contributed by atoms with van der Waals surface area (Å²) in [5, 5.41) is 3.04. The number of urea groups is 1. The molecular weight excluding hydrogens is 400 g/mol. The second kappa shape index (κ2) is 11.2. The molecule has 2 aliphatic rings. The van der Waals surface area contributed by atoms with Gasteiger partial charge in [-0.25, -0.2) is 4.79 Å². The molecule has 0 unspecified atom stereocenters. The molecule has 3 rings (SSSR count). The molecule has 1 N–H and O–H groups in total. The van der Waals surface area contributed by atoms with Crippen LogP contribution in [0.15, 0.2) is 12.1 Å². The number of amides is 3. The van der Waals surface area contributed by atoms with Crippen molar-refractivity contribution in [3.05, 3.63) is 17.7 Å². The van der Waals surface area contributed by atoms with Crippen molar-refractivity contribution in [1.29, 1.82) is 0 Å². The van der Waals surface area contributed by atoms with Crippen LogP contribution in [0.2, 0.25) is 0 Å². The third-order valence-corrected chi connectivity index (χ3v) is 5.96. The third-order valence-electron chi connectivity index (χ3n) is 5.96. The van der Waals surface area contributed by atoms with E-state index in [0.717, 1.165) is 32.1 Å². The number of ether oxygens (including phenoxy) is 3. The molecule has 0 aromatic carbocycles. The Morgan fingerprint density at radius 3 is 2.42 bits per heavy atom. The van der Waals surface area contributed by atoms with Gasteiger partial charge in [0.05, 0.1) is 14.2 Å². The predicted molar refractivity (Wildman–Crippen MR) is 116 cm³/mol. The van der Waals surface area contributed by atoms with Crippen molar-refractivity contribution >= 4 is 11.9 Å². The molecule has 1 aromatic heterocycles. The van der Waals surface area contributed by atoms with Crippen LogP contribution >= 0.6 is 0 Å². The Balaban J connectivity index is 1.67. The van der Waals surface area contributed by atoms with E-state index in [1.54, 1.807) is 12.1 Å². The van der Waals surface area contributed by atoms with E-state index >= 15 is 0 Å². The van der Waals surface area contributed by atoms with Gasteiger partial charge in [-0.3, -0.25) is 4.79 Å². The van der Waals surface area contributed by atoms with Crippen molar-refractivity contribution in [1.82, 2.24) is 20.1 Å². The summed E-state index contributed by atoms with van der Waals surface area (Å²) in [6.07, 6.45) is 4.10. The number of likely N-dealkylation sites (tertiary alicyclic amines) is 1. The van der Waals surface area contributed by atoms with Crippen LogP contribution < -0.4 is 14.8 Å². The highest BCUT2D eigenvalue weighted by Gasteiger charge is 2.35. The monoisotopic (exact) mass is 434 g/mol. The predicted octanol–water partition coefficient (Wildman–Crippen LogP) is 2.30. The van der Waals surface area contributed by atoms with Gasteiger partial charge in [-0.05, 0) is 38.2 Å². The molecule has 0 atom stereocenters. The summed E-state index contributed by atoms with van der Waals surface area (Å²) in [6.45, 7) is 5.25. The van der Waals surface area contributed by atoms with E-state index in [4.69, 9.17) is 14.2 Å². The van der Waals surface area contributed by atoms with Gasteiger partial charge in [0.2, 0.25) is 11.8 Å². The summed E-state index contributed by atoms with van der Waals surface area (Å²) in [7, 11) is 3.01. The molecule has 0 aliphatic carbocycles. The minimum absolute atomic E-state index is 0.000417. The molecule has 3 amide bonds. The minimum Gasteiger partial charge on any atom is -0.481 e. The quantitative estimate of drug-likeness (QED) is 0.708. The van der Waals surface area contributed by atoms with Crippen molar-refractivity contribution in [2.75, 3.05) is 47.1 Å². The lowest BCUT2D eigenvalue weighted by Crippen LogP contribution is -2.56. The van der Waals surface area contributed by atoms with Crippen LogP contribution in [0.5, 0.6) is 11.8 Å². The summed E-state index contributed by atoms with van der Waals surface area (Å²) in [4.78, 5) is 34.1. The van der Waals surface area contributed by atoms with Gasteiger partial charge >= 0.3 is 6.03 Å². The van der Waals surface area contributed by atoms with Crippen LogP contribution in [0.4, 0.5) is 4.79 Å². The van der Waals surface area contributed by atoms with E-state index < -0.39 is 0 Å². The molecule has 0 bridgehead atoms. The van der Waals surface area contributed by atoms with E-state index in [0.29, 0.717) is 44.3 Å². The standard InChI is InChI=1S/C22H34N4O5/c1-4-11-23-22(28)26(17-9-14-31-15-10-17)16-7-12-25(13-8-16)21(27)18-5-6-19(29-2)24-20(18)30-3/h5-6,16-17H,4,7-15H2,1-3H3,(H,23,28). The van der Waals surface area contributed by atoms with Crippen molar-refractivity contribution < 1.29 is 23.8 Å². The number of hydrogen-bond donors (Lipinski definition) is 1. The number of carbonyl (C=O) groups excluding carboxylic acids is 2. The maximum Gasteiger partial charge on any atom is 0.317 e. The summed E-state index contributed by atoms with van der Waals surface area (Å²) in [5.74, 6) is 0.546. The molecule has 172 valence electrons. The zero-order valence-corrected chi connectivity index (χ0v) is 18.8. The van der Waals surface area contributed by atoms with Crippen LogP contribution in [0.25, 0.3) is 0 Å². The molecule has 1 aromatic rings. The number of piperidine rings is 1. The fourth-order valence-electron chi connectivity index (χ4n) is 4.29. The first-order valence-corrected chi connectivity index (χ1v) is 11.1. The van der Waals surface area contributed by atoms with E-state index in [1.165, 1.54) is 14.2 Å². The zero-order valence-electron chi connectivity index (χ0n) is 18.8. The fourth-order valence-corrected chi connectivity index (χ4v) is 4.29. The van der Waals surface area contributed by atoms with Crippen LogP contribution in [0.1, 0.15) is 49.4 Å². The van der Waals surface area contributed by atoms with Crippen LogP contribution in [-0.4, -0.2) is 85.9 Å². The number of nitrogens with zero attached hydrogens (tertiary/aromatic N) is 3. The largest absolute Gasteiger partial charge is 0.481 e. The number of carbonyl (C=O) groups is 2. The second-order valence-corrected chi connectivity index (χ2v) is 7.92. The molecule has 9 heteroatoms. The Morgan fingerprint density at radius 2 is 1.81 bits per heavy atom. The van der Waals surface area contributed by atoms with Gasteiger partial charge in [0.15, 0.2) is 0 Å². The van der Waals surface area contributed by atoms with E-state index in [-0.39, 0.29) is 29.9 Å². The first-order valence-electron chi connectivity index (χ1n) is 11.1. The molecule has 9 nitrogen and oxygen atoms in total. The van der Waals surface area contributed by atoms with Gasteiger partial charge < -0.3 is 29.3 Å². The molecule has 0 saturated carbocycles. The van der Waals surface area contributed by atoms with Crippen molar-refractivity contribution in [3.63, 3.8) is 0 Å². The Morgan fingerprint density at radius 1 is 1.13 bits per heavy atom. The summed E-state index contributed by atoms with van der Waals surface area (Å²) < 4.78 is 15.9. The Labute approximate surface area is 184 Å². The minimum atomic E-state index is -0.112. The molecule has 2 aliphatic heterocycles. The Bertz CT molecular complexity index is 745. The van der Waals surface area contributed by atoms with Gasteiger partial charge in [0.1, 0.15) is 5.56 Å². The molecule has 2 fully saturated rings. The van der Waals surface area contributed by atoms with Gasteiger partial charge in [-0.2, -0.15) is 4.98 Å². The van der Waals surface area contributed by atoms with Crippen molar-refractivity contribution in [2.45, 2.75) is 51.1 Å². The third kappa shape index (κ3) is 5.58. The number of hydrogen-bond acceptors (Lipinski definition) is 6. The lowest BCUT2D eigenvalue weighted by molar-refractivity contribution is 0.0209. The average Bonchev–Trinajstić information content (AvgIpc) is 2.83. The smallest absolute Gasteiger partial charge is 0.317 e. The molecule has 0 radical (unpaired) electrons. The first-order chi connectivity index (χ1) is 15.1. The molecule has 0 spiro atoms. The number of aromatic nitrogens is 1. The van der Waals surface area contributed by atoms with Crippen LogP contribution in [-0.2, 0) is 4.74 Å². The molecule has 31 heavy (non-hydrogen) atoms. The summed E-state index contributed by atoms with van der Waals surface area (Å²) in [6, 6.07) is 3.64. The van der Waals surface area contributed by atoms with Crippen LogP contribution in [0.3, 0.4) is 0 Å². The van der Waals surface area contributed by atoms with Crippen molar-refractivity contribution in [3.8, 4) is 11.8 Å². The molecule has 3 heterocycles. The average molecular weight is 435 g/mol. The normalized spacial score (nSPS) is 17.8. The lowest BCUT2D eigenvalue weighted by atomic mass is 9.98. The summed E-state index contributed by atoms with van der Waals surface area (Å²) >= 11 is 0. The van der Waals surface area contributed by atoms with E-state index in [2.05, 4.69) is 10.3 Å². The summed E-state index contributed by atoms with van der Waals surface area (Å²) in [5.41, 5.74) is 0.420. The van der Waals surface area contributed by atoms with Crippen LogP contribution in [0, 0.1) is 0 Å². The van der Waals surface area contributed by atoms with Crippen molar-refractivity contribution in [2.24, 2.45) is 0 Å². The second-order valence-electron chi connectivity index (χ2n) is 7.92. The van der Waals surface area contributed by atoms with E-state index in [9.17, 15) is 9.59 Å². The maximum atomic E-state index is 13.1. The molecular formula is C22H34N4O5. The number of rotatable bonds is 7. The van der Waals surface area contributed by atoms with Gasteiger partial charge in [0.25, 0.3) is 5.91 Å². The highest BCUT2D eigenvalue weighted by molar-refractivity contribution is 5.96. The fraction of sp³-hybridized carbons (Fsp3) is 0.682. The number of pyridine rings is 1. The highest BCUT2D eigenvalue weighted by atomic mass is 16.5. The lowest BCUT2D eigenvalue weighted by Gasteiger charge is -2.43. The Hall–Kier alpha value is -2.55. The Kier molecular flexibility index (Phi) is 8.34. The number of nitrogens with one attached hydrogen (secondary N) is 1. The zero-order chi connectivity index (χ0) is 22.2. The topological polar surface area (TPSA) is 93.2 Å². The maximum absolute atomic E-state index is 13.1. The van der Waals surface area contributed by atoms with Gasteiger partial charge in [0, 0.05) is 51.0 Å². The highest BCUT2D eigenvalue weighted by Crippen LogP contribution is 2.27.